The highest BCUT2D eigenvalue weighted by molar-refractivity contribution is 5.72. The highest BCUT2D eigenvalue weighted by Gasteiger charge is 1.89. The Hall–Kier alpha value is -1.59. The van der Waals surface area contributed by atoms with E-state index in [0.717, 1.165) is 5.56 Å². The molecule has 0 aromatic heterocycles. The fraction of sp³-hybridized carbons (Fsp3) is 0.250. The van der Waals surface area contributed by atoms with Gasteiger partial charge in [0, 0.05) is 6.42 Å². The fourth-order valence-corrected chi connectivity index (χ4v) is 1.00. The van der Waals surface area contributed by atoms with Gasteiger partial charge in [-0.25, -0.2) is 0 Å². The second-order valence-electron chi connectivity index (χ2n) is 2.73. The van der Waals surface area contributed by atoms with Gasteiger partial charge >= 0.3 is 0 Å². The number of rotatable bonds is 4. The third kappa shape index (κ3) is 4.44. The first-order valence-corrected chi connectivity index (χ1v) is 4.47. The number of ether oxygens (including phenoxy) is 1. The van der Waals surface area contributed by atoms with Gasteiger partial charge < -0.3 is 4.74 Å². The van der Waals surface area contributed by atoms with E-state index in [4.69, 9.17) is 4.74 Å². The van der Waals surface area contributed by atoms with Crippen LogP contribution >= 0.6 is 0 Å². The highest BCUT2D eigenvalue weighted by Crippen LogP contribution is 2.00. The molecule has 0 bridgehead atoms. The Morgan fingerprint density at radius 2 is 2.07 bits per heavy atom. The van der Waals surface area contributed by atoms with E-state index in [1.165, 1.54) is 0 Å². The molecule has 0 unspecified atom stereocenters. The summed E-state index contributed by atoms with van der Waals surface area (Å²) in [6.45, 7) is 1.17. The molecule has 0 spiro atoms. The first kappa shape index (κ1) is 10.5. The van der Waals surface area contributed by atoms with Crippen LogP contribution in [0.15, 0.2) is 30.3 Å². The van der Waals surface area contributed by atoms with Crippen LogP contribution in [0.4, 0.5) is 0 Å². The number of carbonyl (C=O) groups is 1. The Morgan fingerprint density at radius 1 is 1.29 bits per heavy atom. The lowest BCUT2D eigenvalue weighted by Gasteiger charge is -2.00. The molecule has 0 fully saturated rings. The minimum Gasteiger partial charge on any atom is -0.376 e. The lowest BCUT2D eigenvalue weighted by molar-refractivity contribution is -0.103. The highest BCUT2D eigenvalue weighted by atomic mass is 16.5. The summed E-state index contributed by atoms with van der Waals surface area (Å²) in [6, 6.07) is 9.95. The molecule has 1 aromatic carbocycles. The van der Waals surface area contributed by atoms with Crippen molar-refractivity contribution in [2.45, 2.75) is 13.0 Å². The molecule has 0 aliphatic carbocycles. The van der Waals surface area contributed by atoms with Crippen molar-refractivity contribution in [1.29, 1.82) is 0 Å². The molecule has 2 nitrogen and oxygen atoms in total. The van der Waals surface area contributed by atoms with Gasteiger partial charge in [0.15, 0.2) is 6.29 Å². The summed E-state index contributed by atoms with van der Waals surface area (Å²) in [4.78, 5) is 9.84. The van der Waals surface area contributed by atoms with Crippen LogP contribution in [0.2, 0.25) is 0 Å². The van der Waals surface area contributed by atoms with Crippen molar-refractivity contribution in [3.63, 3.8) is 0 Å². The Bertz CT molecular complexity index is 319. The van der Waals surface area contributed by atoms with Crippen molar-refractivity contribution in [1.82, 2.24) is 0 Å². The lowest BCUT2D eigenvalue weighted by Crippen LogP contribution is -1.93. The van der Waals surface area contributed by atoms with Gasteiger partial charge in [-0.1, -0.05) is 36.3 Å². The number of hydrogen-bond acceptors (Lipinski definition) is 2. The molecule has 0 heterocycles. The molecule has 0 radical (unpaired) electrons. The van der Waals surface area contributed by atoms with E-state index in [-0.39, 0.29) is 0 Å². The number of benzene rings is 1. The van der Waals surface area contributed by atoms with Crippen LogP contribution in [-0.4, -0.2) is 12.9 Å². The minimum absolute atomic E-state index is 0.565. The number of aldehydes is 1. The predicted octanol–water partition coefficient (Wildman–Crippen LogP) is 1.80. The summed E-state index contributed by atoms with van der Waals surface area (Å²) in [5.41, 5.74) is 1.15. The van der Waals surface area contributed by atoms with Crippen molar-refractivity contribution >= 4 is 6.29 Å². The molecule has 1 rings (SSSR count). The standard InChI is InChI=1S/C12H12O2/c13-9-5-2-6-10-14-11-12-7-3-1-4-8-12/h1,3-4,7-9H,6,10-11H2. The summed E-state index contributed by atoms with van der Waals surface area (Å²) in [6.07, 6.45) is 1.20. The number of carbonyl (C=O) groups excluding carboxylic acids is 1. The molecule has 0 N–H and O–H groups in total. The van der Waals surface area contributed by atoms with Crippen LogP contribution in [0.1, 0.15) is 12.0 Å². The van der Waals surface area contributed by atoms with E-state index in [0.29, 0.717) is 25.9 Å². The van der Waals surface area contributed by atoms with Crippen molar-refractivity contribution in [2.24, 2.45) is 0 Å². The summed E-state index contributed by atoms with van der Waals surface area (Å²) in [5.74, 6) is 5.01. The molecule has 0 aliphatic rings. The van der Waals surface area contributed by atoms with E-state index < -0.39 is 0 Å². The van der Waals surface area contributed by atoms with E-state index in [1.54, 1.807) is 0 Å². The van der Waals surface area contributed by atoms with Crippen molar-refractivity contribution in [3.8, 4) is 11.8 Å². The van der Waals surface area contributed by atoms with Crippen LogP contribution in [0, 0.1) is 11.8 Å². The monoisotopic (exact) mass is 188 g/mol. The molecule has 0 saturated heterocycles. The van der Waals surface area contributed by atoms with Gasteiger partial charge in [0.1, 0.15) is 0 Å². The summed E-state index contributed by atoms with van der Waals surface area (Å²) >= 11 is 0. The lowest BCUT2D eigenvalue weighted by atomic mass is 10.2. The van der Waals surface area contributed by atoms with Crippen LogP contribution in [0.3, 0.4) is 0 Å². The third-order valence-electron chi connectivity index (χ3n) is 1.64. The zero-order valence-electron chi connectivity index (χ0n) is 7.90. The smallest absolute Gasteiger partial charge is 0.192 e. The minimum atomic E-state index is 0.565. The first-order valence-electron chi connectivity index (χ1n) is 4.47. The molecule has 14 heavy (non-hydrogen) atoms. The average molecular weight is 188 g/mol. The summed E-state index contributed by atoms with van der Waals surface area (Å²) in [7, 11) is 0. The van der Waals surface area contributed by atoms with Crippen LogP contribution in [0.5, 0.6) is 0 Å². The predicted molar refractivity (Wildman–Crippen MR) is 54.6 cm³/mol. The van der Waals surface area contributed by atoms with Crippen LogP contribution in [-0.2, 0) is 16.1 Å². The van der Waals surface area contributed by atoms with Crippen molar-refractivity contribution in [2.75, 3.05) is 6.61 Å². The molecule has 2 heteroatoms. The maximum absolute atomic E-state index is 9.84. The van der Waals surface area contributed by atoms with Gasteiger partial charge in [-0.05, 0) is 11.5 Å². The fourth-order valence-electron chi connectivity index (χ4n) is 1.00. The zero-order chi connectivity index (χ0) is 10.1. The molecule has 0 amide bonds. The summed E-state index contributed by atoms with van der Waals surface area (Å²) < 4.78 is 5.35. The molecule has 1 aromatic rings. The Morgan fingerprint density at radius 3 is 2.79 bits per heavy atom. The topological polar surface area (TPSA) is 26.3 Å². The molecular weight excluding hydrogens is 176 g/mol. The SMILES string of the molecule is O=CC#CCCOCc1ccccc1. The van der Waals surface area contributed by atoms with Gasteiger partial charge in [0.05, 0.1) is 13.2 Å². The average Bonchev–Trinajstić information content (AvgIpc) is 2.25. The van der Waals surface area contributed by atoms with Crippen LogP contribution in [0.25, 0.3) is 0 Å². The normalized spacial score (nSPS) is 8.86. The first-order chi connectivity index (χ1) is 6.93. The van der Waals surface area contributed by atoms with E-state index in [2.05, 4.69) is 11.8 Å². The second kappa shape index (κ2) is 6.88. The molecular formula is C12H12O2. The van der Waals surface area contributed by atoms with Gasteiger partial charge in [-0.15, -0.1) is 0 Å². The van der Waals surface area contributed by atoms with E-state index in [9.17, 15) is 4.79 Å². The third-order valence-corrected chi connectivity index (χ3v) is 1.64. The van der Waals surface area contributed by atoms with Gasteiger partial charge in [-0.2, -0.15) is 0 Å². The molecule has 0 aliphatic heterocycles. The van der Waals surface area contributed by atoms with Crippen LogP contribution < -0.4 is 0 Å². The van der Waals surface area contributed by atoms with Crippen molar-refractivity contribution < 1.29 is 9.53 Å². The van der Waals surface area contributed by atoms with Gasteiger partial charge in [0.2, 0.25) is 0 Å². The second-order valence-corrected chi connectivity index (χ2v) is 2.73. The van der Waals surface area contributed by atoms with E-state index in [1.807, 2.05) is 30.3 Å². The number of hydrogen-bond donors (Lipinski definition) is 0. The zero-order valence-corrected chi connectivity index (χ0v) is 7.90. The summed E-state index contributed by atoms with van der Waals surface area (Å²) in [5, 5.41) is 0. The van der Waals surface area contributed by atoms with Gasteiger partial charge in [0.25, 0.3) is 0 Å². The Labute approximate surface area is 83.9 Å². The molecule has 0 saturated carbocycles. The van der Waals surface area contributed by atoms with E-state index >= 15 is 0 Å². The Balaban J connectivity index is 2.13. The molecule has 72 valence electrons. The maximum atomic E-state index is 9.84. The molecule has 0 atom stereocenters. The largest absolute Gasteiger partial charge is 0.376 e. The maximum Gasteiger partial charge on any atom is 0.192 e. The Kier molecular flexibility index (Phi) is 5.15. The quantitative estimate of drug-likeness (QED) is 0.409. The van der Waals surface area contributed by atoms with Gasteiger partial charge in [-0.3, -0.25) is 4.79 Å². The van der Waals surface area contributed by atoms with Crippen molar-refractivity contribution in [3.05, 3.63) is 35.9 Å².